The molecule has 1 unspecified atom stereocenters. The van der Waals surface area contributed by atoms with E-state index in [0.717, 1.165) is 6.42 Å². The second kappa shape index (κ2) is 6.78. The Hall–Kier alpha value is -0.710. The van der Waals surface area contributed by atoms with Gasteiger partial charge in [-0.05, 0) is 13.3 Å². The lowest BCUT2D eigenvalue weighted by atomic mass is 10.5. The van der Waals surface area contributed by atoms with E-state index in [1.807, 2.05) is 0 Å². The summed E-state index contributed by atoms with van der Waals surface area (Å²) in [5.74, 6) is 0. The normalized spacial score (nSPS) is 14.9. The van der Waals surface area contributed by atoms with Crippen molar-refractivity contribution in [1.29, 1.82) is 0 Å². The Morgan fingerprint density at radius 2 is 2.19 bits per heavy atom. The van der Waals surface area contributed by atoms with E-state index in [1.165, 1.54) is 6.33 Å². The van der Waals surface area contributed by atoms with Gasteiger partial charge in [0, 0.05) is 12.7 Å². The molecule has 0 saturated heterocycles. The summed E-state index contributed by atoms with van der Waals surface area (Å²) in [6.07, 6.45) is 4.27. The van der Waals surface area contributed by atoms with Crippen LogP contribution in [0.5, 0.6) is 0 Å². The Kier molecular flexibility index (Phi) is 5.66. The van der Waals surface area contributed by atoms with Crippen molar-refractivity contribution >= 4 is 7.60 Å². The first-order valence-corrected chi connectivity index (χ1v) is 7.13. The van der Waals surface area contributed by atoms with Gasteiger partial charge in [-0.25, -0.2) is 4.98 Å². The molecule has 0 spiro atoms. The fourth-order valence-electron chi connectivity index (χ4n) is 1.19. The summed E-state index contributed by atoms with van der Waals surface area (Å²) in [4.78, 5) is 3.83. The summed E-state index contributed by atoms with van der Waals surface area (Å²) in [7, 11) is -2.85. The molecule has 6 nitrogen and oxygen atoms in total. The van der Waals surface area contributed by atoms with E-state index in [0.29, 0.717) is 25.9 Å². The zero-order chi connectivity index (χ0) is 11.9. The summed E-state index contributed by atoms with van der Waals surface area (Å²) in [6.45, 7) is 5.13. The van der Waals surface area contributed by atoms with Gasteiger partial charge in [0.05, 0.1) is 13.2 Å². The molecule has 92 valence electrons. The van der Waals surface area contributed by atoms with Crippen LogP contribution in [0.4, 0.5) is 0 Å². The third-order valence-electron chi connectivity index (χ3n) is 2.00. The third kappa shape index (κ3) is 4.43. The smallest absolute Gasteiger partial charge is 0.309 e. The van der Waals surface area contributed by atoms with Gasteiger partial charge in [-0.15, -0.1) is 0 Å². The molecule has 1 aromatic heterocycles. The fraction of sp³-hybridized carbons (Fsp3) is 0.778. The van der Waals surface area contributed by atoms with E-state index in [4.69, 9.17) is 9.05 Å². The minimum Gasteiger partial charge on any atom is -0.309 e. The molecule has 1 atom stereocenters. The topological polar surface area (TPSA) is 66.2 Å². The molecular weight excluding hydrogens is 229 g/mol. The maximum Gasteiger partial charge on any atom is 0.330 e. The molecule has 0 aliphatic heterocycles. The summed E-state index contributed by atoms with van der Waals surface area (Å²) < 4.78 is 24.0. The van der Waals surface area contributed by atoms with Crippen molar-refractivity contribution in [2.75, 3.05) is 19.4 Å². The molecule has 7 heteroatoms. The predicted molar refractivity (Wildman–Crippen MR) is 60.4 cm³/mol. The number of hydrogen-bond acceptors (Lipinski definition) is 5. The highest BCUT2D eigenvalue weighted by Crippen LogP contribution is 2.47. The van der Waals surface area contributed by atoms with Crippen LogP contribution < -0.4 is 0 Å². The summed E-state index contributed by atoms with van der Waals surface area (Å²) in [5.41, 5.74) is 0. The first-order valence-electron chi connectivity index (χ1n) is 5.40. The SMILES string of the molecule is CCOP(=O)(CC)OCCCn1cncn1. The van der Waals surface area contributed by atoms with Gasteiger partial charge in [0.25, 0.3) is 0 Å². The highest BCUT2D eigenvalue weighted by molar-refractivity contribution is 7.53. The zero-order valence-corrected chi connectivity index (χ0v) is 10.6. The average molecular weight is 247 g/mol. The number of aromatic nitrogens is 3. The molecule has 0 bridgehead atoms. The van der Waals surface area contributed by atoms with Crippen molar-refractivity contribution < 1.29 is 13.6 Å². The highest BCUT2D eigenvalue weighted by atomic mass is 31.2. The van der Waals surface area contributed by atoms with Crippen LogP contribution in [0.25, 0.3) is 0 Å². The monoisotopic (exact) mass is 247 g/mol. The van der Waals surface area contributed by atoms with Crippen LogP contribution in [0.2, 0.25) is 0 Å². The zero-order valence-electron chi connectivity index (χ0n) is 9.70. The highest BCUT2D eigenvalue weighted by Gasteiger charge is 2.20. The molecule has 0 saturated carbocycles. The molecule has 0 aromatic carbocycles. The fourth-order valence-corrected chi connectivity index (χ4v) is 2.44. The van der Waals surface area contributed by atoms with Crippen LogP contribution in [-0.4, -0.2) is 34.1 Å². The molecule has 1 heterocycles. The van der Waals surface area contributed by atoms with Crippen LogP contribution >= 0.6 is 7.60 Å². The minimum absolute atomic E-state index is 0.407. The molecule has 0 fully saturated rings. The lowest BCUT2D eigenvalue weighted by Gasteiger charge is -2.15. The first kappa shape index (κ1) is 13.4. The van der Waals surface area contributed by atoms with Crippen molar-refractivity contribution in [3.05, 3.63) is 12.7 Å². The summed E-state index contributed by atoms with van der Waals surface area (Å²) in [6, 6.07) is 0. The van der Waals surface area contributed by atoms with Crippen molar-refractivity contribution in [3.8, 4) is 0 Å². The Morgan fingerprint density at radius 1 is 1.38 bits per heavy atom. The standard InChI is InChI=1S/C9H18N3O3P/c1-3-14-16(13,4-2)15-7-5-6-12-9-10-8-11-12/h8-9H,3-7H2,1-2H3. The van der Waals surface area contributed by atoms with Gasteiger partial charge in [-0.1, -0.05) is 6.92 Å². The molecule has 0 amide bonds. The predicted octanol–water partition coefficient (Wildman–Crippen LogP) is 1.93. The molecule has 1 rings (SSSR count). The van der Waals surface area contributed by atoms with Crippen molar-refractivity contribution in [2.45, 2.75) is 26.8 Å². The number of aryl methyl sites for hydroxylation is 1. The van der Waals surface area contributed by atoms with E-state index in [9.17, 15) is 4.57 Å². The van der Waals surface area contributed by atoms with Crippen LogP contribution in [0, 0.1) is 0 Å². The van der Waals surface area contributed by atoms with Gasteiger partial charge in [0.15, 0.2) is 0 Å². The van der Waals surface area contributed by atoms with E-state index < -0.39 is 7.60 Å². The first-order chi connectivity index (χ1) is 7.70. The van der Waals surface area contributed by atoms with Crippen molar-refractivity contribution in [3.63, 3.8) is 0 Å². The summed E-state index contributed by atoms with van der Waals surface area (Å²) in [5, 5.41) is 3.96. The second-order valence-electron chi connectivity index (χ2n) is 3.19. The lowest BCUT2D eigenvalue weighted by Crippen LogP contribution is -2.04. The molecule has 16 heavy (non-hydrogen) atoms. The van der Waals surface area contributed by atoms with E-state index in [1.54, 1.807) is 24.9 Å². The van der Waals surface area contributed by atoms with Crippen LogP contribution in [-0.2, 0) is 20.2 Å². The maximum absolute atomic E-state index is 11.9. The van der Waals surface area contributed by atoms with E-state index in [2.05, 4.69) is 10.1 Å². The van der Waals surface area contributed by atoms with E-state index in [-0.39, 0.29) is 0 Å². The second-order valence-corrected chi connectivity index (χ2v) is 5.56. The number of nitrogens with zero attached hydrogens (tertiary/aromatic N) is 3. The van der Waals surface area contributed by atoms with Crippen LogP contribution in [0.15, 0.2) is 12.7 Å². The average Bonchev–Trinajstić information content (AvgIpc) is 2.78. The quantitative estimate of drug-likeness (QED) is 0.518. The Balaban J connectivity index is 2.21. The maximum atomic E-state index is 11.9. The minimum atomic E-state index is -2.85. The molecular formula is C9H18N3O3P. The van der Waals surface area contributed by atoms with Crippen molar-refractivity contribution in [1.82, 2.24) is 14.8 Å². The van der Waals surface area contributed by atoms with Gasteiger partial charge < -0.3 is 9.05 Å². The molecule has 0 radical (unpaired) electrons. The molecule has 0 N–H and O–H groups in total. The summed E-state index contributed by atoms with van der Waals surface area (Å²) >= 11 is 0. The Morgan fingerprint density at radius 3 is 2.75 bits per heavy atom. The van der Waals surface area contributed by atoms with Gasteiger partial charge in [0.1, 0.15) is 12.7 Å². The van der Waals surface area contributed by atoms with Crippen LogP contribution in [0.1, 0.15) is 20.3 Å². The van der Waals surface area contributed by atoms with Gasteiger partial charge >= 0.3 is 7.60 Å². The van der Waals surface area contributed by atoms with Gasteiger partial charge in [-0.3, -0.25) is 9.25 Å². The molecule has 1 aromatic rings. The number of hydrogen-bond donors (Lipinski definition) is 0. The van der Waals surface area contributed by atoms with Gasteiger partial charge in [0.2, 0.25) is 0 Å². The largest absolute Gasteiger partial charge is 0.330 e. The van der Waals surface area contributed by atoms with Crippen molar-refractivity contribution in [2.24, 2.45) is 0 Å². The van der Waals surface area contributed by atoms with Crippen LogP contribution in [0.3, 0.4) is 0 Å². The molecule has 0 aliphatic rings. The third-order valence-corrected chi connectivity index (χ3v) is 4.00. The Labute approximate surface area is 95.5 Å². The van der Waals surface area contributed by atoms with E-state index >= 15 is 0 Å². The Bertz CT molecular complexity index is 329. The number of rotatable bonds is 8. The van der Waals surface area contributed by atoms with Gasteiger partial charge in [-0.2, -0.15) is 5.10 Å². The lowest BCUT2D eigenvalue weighted by molar-refractivity contribution is 0.207. The molecule has 0 aliphatic carbocycles.